The van der Waals surface area contributed by atoms with E-state index >= 15 is 0 Å². The molecule has 122 valence electrons. The van der Waals surface area contributed by atoms with Crippen LogP contribution in [-0.2, 0) is 4.79 Å². The highest BCUT2D eigenvalue weighted by molar-refractivity contribution is 8.14. The van der Waals surface area contributed by atoms with Gasteiger partial charge >= 0.3 is 6.18 Å². The Hall–Kier alpha value is -0.660. The normalized spacial score (nSPS) is 12.6. The van der Waals surface area contributed by atoms with Gasteiger partial charge in [0.25, 0.3) is 0 Å². The third-order valence-electron chi connectivity index (χ3n) is 2.40. The standard InChI is InChI=1S/C14H15ClF3NOS2/c1-8-4-11(15)12(19-10(3)21-6-9(2)20)5-13(8)22-7-14(16,17)18/h4-5H,6-7H2,1-3H3/b19-10-. The molecule has 1 rings (SSSR count). The molecule has 22 heavy (non-hydrogen) atoms. The highest BCUT2D eigenvalue weighted by atomic mass is 35.5. The maximum atomic E-state index is 12.3. The van der Waals surface area contributed by atoms with Crippen LogP contribution < -0.4 is 0 Å². The molecular weight excluding hydrogens is 355 g/mol. The molecule has 0 saturated heterocycles. The lowest BCUT2D eigenvalue weighted by atomic mass is 10.2. The van der Waals surface area contributed by atoms with Crippen molar-refractivity contribution < 1.29 is 18.0 Å². The lowest BCUT2D eigenvalue weighted by molar-refractivity contribution is -0.114. The molecule has 0 radical (unpaired) electrons. The molecular formula is C14H15ClF3NOS2. The Morgan fingerprint density at radius 2 is 1.95 bits per heavy atom. The van der Waals surface area contributed by atoms with Crippen molar-refractivity contribution in [3.63, 3.8) is 0 Å². The van der Waals surface area contributed by atoms with E-state index in [4.69, 9.17) is 11.6 Å². The molecule has 0 aromatic heterocycles. The van der Waals surface area contributed by atoms with Crippen LogP contribution in [0.1, 0.15) is 19.4 Å². The second kappa shape index (κ2) is 8.26. The Balaban J connectivity index is 2.95. The first-order valence-electron chi connectivity index (χ1n) is 6.25. The van der Waals surface area contributed by atoms with E-state index in [0.29, 0.717) is 43.7 Å². The Kier molecular flexibility index (Phi) is 7.28. The van der Waals surface area contributed by atoms with Crippen molar-refractivity contribution in [1.82, 2.24) is 0 Å². The van der Waals surface area contributed by atoms with Crippen LogP contribution in [-0.4, -0.2) is 28.5 Å². The number of halogens is 4. The third kappa shape index (κ3) is 7.07. The van der Waals surface area contributed by atoms with Crippen molar-refractivity contribution in [2.24, 2.45) is 4.99 Å². The van der Waals surface area contributed by atoms with Crippen LogP contribution in [0.15, 0.2) is 22.0 Å². The number of carbonyl (C=O) groups is 1. The molecule has 8 heteroatoms. The maximum Gasteiger partial charge on any atom is 0.398 e. The molecule has 0 bridgehead atoms. The van der Waals surface area contributed by atoms with Gasteiger partial charge in [0, 0.05) is 4.90 Å². The van der Waals surface area contributed by atoms with E-state index in [1.54, 1.807) is 26.0 Å². The van der Waals surface area contributed by atoms with Crippen molar-refractivity contribution in [3.05, 3.63) is 22.7 Å². The van der Waals surface area contributed by atoms with E-state index in [2.05, 4.69) is 4.99 Å². The third-order valence-corrected chi connectivity index (χ3v) is 4.98. The van der Waals surface area contributed by atoms with Crippen molar-refractivity contribution in [2.75, 3.05) is 11.5 Å². The number of aliphatic imine (C=N–C) groups is 1. The van der Waals surface area contributed by atoms with Crippen molar-refractivity contribution in [2.45, 2.75) is 31.8 Å². The van der Waals surface area contributed by atoms with Crippen LogP contribution in [0.3, 0.4) is 0 Å². The predicted molar refractivity (Wildman–Crippen MR) is 88.9 cm³/mol. The number of aryl methyl sites for hydroxylation is 1. The Bertz CT molecular complexity index is 588. The molecule has 0 aliphatic rings. The highest BCUT2D eigenvalue weighted by Crippen LogP contribution is 2.36. The molecule has 1 aromatic carbocycles. The summed E-state index contributed by atoms with van der Waals surface area (Å²) in [6, 6.07) is 3.15. The molecule has 0 unspecified atom stereocenters. The largest absolute Gasteiger partial charge is 0.398 e. The molecule has 2 nitrogen and oxygen atoms in total. The van der Waals surface area contributed by atoms with Gasteiger partial charge in [-0.05, 0) is 38.5 Å². The molecule has 0 atom stereocenters. The number of rotatable bonds is 5. The molecule has 0 saturated carbocycles. The fourth-order valence-corrected chi connectivity index (χ4v) is 3.09. The first-order valence-corrected chi connectivity index (χ1v) is 8.60. The van der Waals surface area contributed by atoms with E-state index in [9.17, 15) is 18.0 Å². The van der Waals surface area contributed by atoms with E-state index in [0.717, 1.165) is 0 Å². The van der Waals surface area contributed by atoms with Crippen molar-refractivity contribution >= 4 is 51.6 Å². The summed E-state index contributed by atoms with van der Waals surface area (Å²) in [5.41, 5.74) is 1.08. The van der Waals surface area contributed by atoms with Crippen molar-refractivity contribution in [3.8, 4) is 0 Å². The summed E-state index contributed by atoms with van der Waals surface area (Å²) >= 11 is 8.06. The average Bonchev–Trinajstić information content (AvgIpc) is 2.37. The number of hydrogen-bond acceptors (Lipinski definition) is 4. The molecule has 0 amide bonds. The number of ketones is 1. The quantitative estimate of drug-likeness (QED) is 0.380. The van der Waals surface area contributed by atoms with Crippen LogP contribution in [0.4, 0.5) is 18.9 Å². The summed E-state index contributed by atoms with van der Waals surface area (Å²) in [6.45, 7) is 4.91. The van der Waals surface area contributed by atoms with Gasteiger partial charge in [0.15, 0.2) is 0 Å². The van der Waals surface area contributed by atoms with Crippen LogP contribution in [0.5, 0.6) is 0 Å². The van der Waals surface area contributed by atoms with E-state index in [1.807, 2.05) is 0 Å². The minimum absolute atomic E-state index is 0.0241. The maximum absolute atomic E-state index is 12.3. The van der Waals surface area contributed by atoms with E-state index in [1.165, 1.54) is 18.7 Å². The van der Waals surface area contributed by atoms with E-state index in [-0.39, 0.29) is 5.78 Å². The molecule has 0 spiro atoms. The molecule has 0 aliphatic carbocycles. The average molecular weight is 370 g/mol. The Labute approximate surface area is 140 Å². The summed E-state index contributed by atoms with van der Waals surface area (Å²) in [5.74, 6) is -0.637. The second-order valence-corrected chi connectivity index (χ2v) is 7.19. The second-order valence-electron chi connectivity index (χ2n) is 4.59. The van der Waals surface area contributed by atoms with Gasteiger partial charge in [0.1, 0.15) is 5.78 Å². The number of benzene rings is 1. The minimum Gasteiger partial charge on any atom is -0.299 e. The summed E-state index contributed by atoms with van der Waals surface area (Å²) in [6.07, 6.45) is -4.23. The zero-order chi connectivity index (χ0) is 16.9. The first-order chi connectivity index (χ1) is 10.1. The summed E-state index contributed by atoms with van der Waals surface area (Å²) < 4.78 is 37.0. The van der Waals surface area contributed by atoms with Gasteiger partial charge in [0.2, 0.25) is 0 Å². The highest BCUT2D eigenvalue weighted by Gasteiger charge is 2.27. The molecule has 0 heterocycles. The zero-order valence-electron chi connectivity index (χ0n) is 12.3. The van der Waals surface area contributed by atoms with Gasteiger partial charge < -0.3 is 0 Å². The van der Waals surface area contributed by atoms with Crippen LogP contribution in [0.2, 0.25) is 5.02 Å². The summed E-state index contributed by atoms with van der Waals surface area (Å²) in [7, 11) is 0. The molecule has 1 aromatic rings. The molecule has 0 aliphatic heterocycles. The number of alkyl halides is 3. The smallest absolute Gasteiger partial charge is 0.299 e. The van der Waals surface area contributed by atoms with Crippen LogP contribution >= 0.6 is 35.1 Å². The number of nitrogens with zero attached hydrogens (tertiary/aromatic N) is 1. The Morgan fingerprint density at radius 1 is 1.32 bits per heavy atom. The predicted octanol–water partition coefficient (Wildman–Crippen LogP) is 5.67. The molecule has 0 fully saturated rings. The van der Waals surface area contributed by atoms with E-state index < -0.39 is 11.9 Å². The number of carbonyl (C=O) groups excluding carboxylic acids is 1. The van der Waals surface area contributed by atoms with Gasteiger partial charge in [0.05, 0.1) is 27.3 Å². The summed E-state index contributed by atoms with van der Waals surface area (Å²) in [4.78, 5) is 15.7. The van der Waals surface area contributed by atoms with Gasteiger partial charge in [-0.25, -0.2) is 4.99 Å². The first kappa shape index (κ1) is 19.4. The summed E-state index contributed by atoms with van der Waals surface area (Å²) in [5, 5.41) is 1.00. The van der Waals surface area contributed by atoms with Crippen molar-refractivity contribution in [1.29, 1.82) is 0 Å². The topological polar surface area (TPSA) is 29.4 Å². The monoisotopic (exact) mass is 369 g/mol. The fraction of sp³-hybridized carbons (Fsp3) is 0.429. The van der Waals surface area contributed by atoms with Gasteiger partial charge in [-0.3, -0.25) is 4.79 Å². The minimum atomic E-state index is -4.23. The number of hydrogen-bond donors (Lipinski definition) is 0. The fourth-order valence-electron chi connectivity index (χ4n) is 1.45. The van der Waals surface area contributed by atoms with Crippen LogP contribution in [0.25, 0.3) is 0 Å². The van der Waals surface area contributed by atoms with Gasteiger partial charge in [-0.1, -0.05) is 11.6 Å². The zero-order valence-corrected chi connectivity index (χ0v) is 14.6. The van der Waals surface area contributed by atoms with Crippen LogP contribution in [0, 0.1) is 6.92 Å². The lowest BCUT2D eigenvalue weighted by Crippen LogP contribution is -2.10. The SMILES string of the molecule is CC(=O)CS/C(C)=N\c1cc(SCC(F)(F)F)c(C)cc1Cl. The molecule has 0 N–H and O–H groups in total. The van der Waals surface area contributed by atoms with Gasteiger partial charge in [-0.2, -0.15) is 13.2 Å². The number of thioether (sulfide) groups is 2. The Morgan fingerprint density at radius 3 is 2.50 bits per heavy atom. The van der Waals surface area contributed by atoms with Gasteiger partial charge in [-0.15, -0.1) is 23.5 Å². The number of Topliss-reactive ketones (excluding diaryl/α,β-unsaturated/α-hetero) is 1. The lowest BCUT2D eigenvalue weighted by Gasteiger charge is -2.10.